The Morgan fingerprint density at radius 3 is 2.75 bits per heavy atom. The molecule has 3 heteroatoms. The van der Waals surface area contributed by atoms with Crippen LogP contribution in [-0.2, 0) is 0 Å². The first-order valence-electron chi connectivity index (χ1n) is 6.64. The third-order valence-electron chi connectivity index (χ3n) is 3.67. The van der Waals surface area contributed by atoms with E-state index in [1.54, 1.807) is 0 Å². The lowest BCUT2D eigenvalue weighted by Crippen LogP contribution is -2.33. The molecule has 1 N–H and O–H groups in total. The lowest BCUT2D eigenvalue weighted by Gasteiger charge is -2.27. The van der Waals surface area contributed by atoms with E-state index in [0.717, 1.165) is 27.6 Å². The summed E-state index contributed by atoms with van der Waals surface area (Å²) in [6, 6.07) is 16.3. The number of rotatable bonds is 0. The fraction of sp³-hybridized carbons (Fsp3) is 0.0588. The third-order valence-corrected chi connectivity index (χ3v) is 3.67. The summed E-state index contributed by atoms with van der Waals surface area (Å²) < 4.78 is 0. The molecule has 0 bridgehead atoms. The highest BCUT2D eigenvalue weighted by atomic mass is 15.1. The monoisotopic (exact) mass is 259 g/mol. The number of benzene rings is 2. The Bertz CT molecular complexity index is 862. The van der Waals surface area contributed by atoms with Gasteiger partial charge in [-0.1, -0.05) is 30.3 Å². The summed E-state index contributed by atoms with van der Waals surface area (Å²) in [7, 11) is 0. The first-order chi connectivity index (χ1) is 9.83. The molecule has 0 radical (unpaired) electrons. The van der Waals surface area contributed by atoms with E-state index in [1.807, 2.05) is 48.7 Å². The summed E-state index contributed by atoms with van der Waals surface area (Å²) >= 11 is 0. The van der Waals surface area contributed by atoms with Gasteiger partial charge in [-0.15, -0.1) is 0 Å². The van der Waals surface area contributed by atoms with Gasteiger partial charge in [0.15, 0.2) is 0 Å². The Morgan fingerprint density at radius 1 is 1.00 bits per heavy atom. The molecule has 96 valence electrons. The van der Waals surface area contributed by atoms with E-state index in [1.165, 1.54) is 0 Å². The van der Waals surface area contributed by atoms with Crippen LogP contribution in [0.25, 0.3) is 5.70 Å². The normalized spacial score (nSPS) is 15.9. The third kappa shape index (κ3) is 1.60. The topological polar surface area (TPSA) is 39.5 Å². The molecule has 2 aliphatic rings. The molecule has 0 fully saturated rings. The maximum atomic E-state index is 7.94. The molecule has 3 nitrogen and oxygen atoms in total. The van der Waals surface area contributed by atoms with Gasteiger partial charge in [-0.05, 0) is 24.3 Å². The number of hydrogen-bond donors (Lipinski definition) is 1. The fourth-order valence-corrected chi connectivity index (χ4v) is 2.74. The molecule has 0 saturated heterocycles. The molecule has 0 aliphatic carbocycles. The number of para-hydroxylation sites is 3. The molecule has 2 aromatic carbocycles. The van der Waals surface area contributed by atoms with Gasteiger partial charge in [-0.3, -0.25) is 0 Å². The minimum atomic E-state index is 0.630. The zero-order valence-corrected chi connectivity index (χ0v) is 10.9. The highest BCUT2D eigenvalue weighted by Gasteiger charge is 2.20. The van der Waals surface area contributed by atoms with E-state index in [-0.39, 0.29) is 0 Å². The SMILES string of the molecule is N=C1C=CN2C(=c3ccccc3=Nc3ccccc32)C1. The van der Waals surface area contributed by atoms with Gasteiger partial charge in [-0.2, -0.15) is 0 Å². The number of nitrogens with one attached hydrogen (secondary N) is 1. The van der Waals surface area contributed by atoms with Crippen LogP contribution in [0.2, 0.25) is 0 Å². The lowest BCUT2D eigenvalue weighted by atomic mass is 10.1. The summed E-state index contributed by atoms with van der Waals surface area (Å²) in [6.45, 7) is 0. The second-order valence-electron chi connectivity index (χ2n) is 4.95. The number of allylic oxidation sites excluding steroid dienone is 1. The molecular formula is C17H13N3. The zero-order valence-electron chi connectivity index (χ0n) is 10.9. The molecule has 20 heavy (non-hydrogen) atoms. The summed E-state index contributed by atoms with van der Waals surface area (Å²) in [5.74, 6) is 0. The molecule has 0 atom stereocenters. The molecule has 2 aliphatic heterocycles. The molecule has 0 spiro atoms. The van der Waals surface area contributed by atoms with E-state index in [0.29, 0.717) is 12.1 Å². The second kappa shape index (κ2) is 4.17. The van der Waals surface area contributed by atoms with Crippen LogP contribution in [-0.4, -0.2) is 5.71 Å². The summed E-state index contributed by atoms with van der Waals surface area (Å²) in [5, 5.41) is 10.0. The van der Waals surface area contributed by atoms with Gasteiger partial charge in [0.25, 0.3) is 0 Å². The lowest BCUT2D eigenvalue weighted by molar-refractivity contribution is 1.18. The van der Waals surface area contributed by atoms with E-state index in [9.17, 15) is 0 Å². The number of nitrogens with zero attached hydrogens (tertiary/aromatic N) is 2. The van der Waals surface area contributed by atoms with Crippen LogP contribution in [0.4, 0.5) is 11.4 Å². The van der Waals surface area contributed by atoms with Crippen molar-refractivity contribution in [3.05, 3.63) is 71.4 Å². The Labute approximate surface area is 116 Å². The Balaban J connectivity index is 2.16. The van der Waals surface area contributed by atoms with Crippen LogP contribution in [0.5, 0.6) is 0 Å². The minimum Gasteiger partial charge on any atom is -0.318 e. The van der Waals surface area contributed by atoms with Crippen LogP contribution >= 0.6 is 0 Å². The highest BCUT2D eigenvalue weighted by molar-refractivity contribution is 6.03. The Morgan fingerprint density at radius 2 is 1.80 bits per heavy atom. The van der Waals surface area contributed by atoms with Crippen LogP contribution in [0.3, 0.4) is 0 Å². The van der Waals surface area contributed by atoms with Crippen molar-refractivity contribution in [1.82, 2.24) is 0 Å². The van der Waals surface area contributed by atoms with Crippen LogP contribution in [0.15, 0.2) is 65.8 Å². The van der Waals surface area contributed by atoms with E-state index in [2.05, 4.69) is 17.0 Å². The van der Waals surface area contributed by atoms with Gasteiger partial charge < -0.3 is 10.3 Å². The predicted octanol–water partition coefficient (Wildman–Crippen LogP) is 2.50. The molecule has 0 saturated carbocycles. The van der Waals surface area contributed by atoms with Gasteiger partial charge >= 0.3 is 0 Å². The van der Waals surface area contributed by atoms with Crippen molar-refractivity contribution < 1.29 is 0 Å². The molecule has 2 heterocycles. The average Bonchev–Trinajstić information content (AvgIpc) is 2.61. The molecule has 2 aromatic rings. The number of anilines is 1. The number of fused-ring (bicyclic) bond motifs is 4. The predicted molar refractivity (Wildman–Crippen MR) is 80.7 cm³/mol. The quantitative estimate of drug-likeness (QED) is 0.775. The van der Waals surface area contributed by atoms with Crippen molar-refractivity contribution in [2.45, 2.75) is 6.42 Å². The molecule has 0 amide bonds. The maximum absolute atomic E-state index is 7.94. The van der Waals surface area contributed by atoms with Gasteiger partial charge in [0, 0.05) is 29.2 Å². The minimum absolute atomic E-state index is 0.630. The van der Waals surface area contributed by atoms with E-state index >= 15 is 0 Å². The van der Waals surface area contributed by atoms with Crippen molar-refractivity contribution in [2.75, 3.05) is 4.90 Å². The van der Waals surface area contributed by atoms with Crippen molar-refractivity contribution in [1.29, 1.82) is 5.41 Å². The Kier molecular flexibility index (Phi) is 2.33. The van der Waals surface area contributed by atoms with E-state index < -0.39 is 0 Å². The van der Waals surface area contributed by atoms with Crippen molar-refractivity contribution >= 4 is 22.8 Å². The molecule has 4 rings (SSSR count). The second-order valence-corrected chi connectivity index (χ2v) is 4.95. The standard InChI is InChI=1S/C17H13N3/c18-12-9-10-20-16-8-4-3-7-15(16)19-14-6-2-1-5-13(14)17(20)11-12/h1-10,18H,11H2. The van der Waals surface area contributed by atoms with Crippen molar-refractivity contribution in [3.63, 3.8) is 0 Å². The van der Waals surface area contributed by atoms with Gasteiger partial charge in [0.2, 0.25) is 0 Å². The fourth-order valence-electron chi connectivity index (χ4n) is 2.74. The van der Waals surface area contributed by atoms with Crippen LogP contribution in [0, 0.1) is 5.41 Å². The van der Waals surface area contributed by atoms with Crippen molar-refractivity contribution in [3.8, 4) is 0 Å². The van der Waals surface area contributed by atoms with Crippen LogP contribution < -0.4 is 15.5 Å². The zero-order chi connectivity index (χ0) is 13.5. The summed E-state index contributed by atoms with van der Waals surface area (Å²) in [5.41, 5.74) is 3.79. The first-order valence-corrected chi connectivity index (χ1v) is 6.64. The molecular weight excluding hydrogens is 246 g/mol. The molecule has 0 aromatic heterocycles. The van der Waals surface area contributed by atoms with Gasteiger partial charge in [0.1, 0.15) is 0 Å². The largest absolute Gasteiger partial charge is 0.318 e. The highest BCUT2D eigenvalue weighted by Crippen LogP contribution is 2.34. The summed E-state index contributed by atoms with van der Waals surface area (Å²) in [4.78, 5) is 6.94. The average molecular weight is 259 g/mol. The smallest absolute Gasteiger partial charge is 0.0877 e. The Hall–Kier alpha value is -2.68. The maximum Gasteiger partial charge on any atom is 0.0877 e. The van der Waals surface area contributed by atoms with Crippen molar-refractivity contribution in [2.24, 2.45) is 4.99 Å². The molecule has 0 unspecified atom stereocenters. The van der Waals surface area contributed by atoms with Gasteiger partial charge in [0.05, 0.1) is 16.7 Å². The first kappa shape index (κ1) is 11.2. The van der Waals surface area contributed by atoms with Crippen LogP contribution in [0.1, 0.15) is 6.42 Å². The number of hydrogen-bond acceptors (Lipinski definition) is 3. The van der Waals surface area contributed by atoms with E-state index in [4.69, 9.17) is 10.4 Å². The van der Waals surface area contributed by atoms with Gasteiger partial charge in [-0.25, -0.2) is 4.99 Å². The summed E-state index contributed by atoms with van der Waals surface area (Å²) in [6.07, 6.45) is 4.46.